The molecule has 2 heterocycles. The molecule has 0 saturated heterocycles. The Morgan fingerprint density at radius 1 is 0.408 bits per heavy atom. The summed E-state index contributed by atoms with van der Waals surface area (Å²) in [4.78, 5) is 2.33. The molecule has 3 nitrogen and oxygen atoms in total. The van der Waals surface area contributed by atoms with Crippen molar-refractivity contribution in [3.63, 3.8) is 0 Å². The highest BCUT2D eigenvalue weighted by Gasteiger charge is 2.21. The molecule has 0 radical (unpaired) electrons. The molecule has 0 amide bonds. The Bertz CT molecular complexity index is 2530. The minimum atomic E-state index is 1.11. The number of benzene rings is 7. The maximum Gasteiger partial charge on any atom is 0.0788 e. The van der Waals surface area contributed by atoms with Crippen LogP contribution in [0, 0.1) is 13.8 Å². The Labute approximate surface area is 286 Å². The lowest BCUT2D eigenvalue weighted by molar-refractivity contribution is 1.12. The van der Waals surface area contributed by atoms with E-state index in [2.05, 4.69) is 204 Å². The molecule has 9 aromatic rings. The lowest BCUT2D eigenvalue weighted by Gasteiger charge is -2.26. The molecule has 0 fully saturated rings. The van der Waals surface area contributed by atoms with Gasteiger partial charge in [-0.3, -0.25) is 0 Å². The van der Waals surface area contributed by atoms with Gasteiger partial charge in [-0.05, 0) is 86.1 Å². The average Bonchev–Trinajstić information content (AvgIpc) is 3.71. The zero-order valence-electron chi connectivity index (χ0n) is 27.6. The largest absolute Gasteiger partial charge is 0.314 e. The van der Waals surface area contributed by atoms with E-state index >= 15 is 0 Å². The number of hydrogen-bond acceptors (Lipinski definition) is 1. The van der Waals surface area contributed by atoms with E-state index in [-0.39, 0.29) is 0 Å². The normalized spacial score (nSPS) is 11.5. The van der Waals surface area contributed by atoms with Gasteiger partial charge < -0.3 is 14.0 Å². The third-order valence-corrected chi connectivity index (χ3v) is 9.67. The van der Waals surface area contributed by atoms with E-state index in [0.717, 1.165) is 28.4 Å². The lowest BCUT2D eigenvalue weighted by Crippen LogP contribution is -2.10. The second kappa shape index (κ2) is 11.7. The van der Waals surface area contributed by atoms with Crippen LogP contribution in [0.25, 0.3) is 55.2 Å². The van der Waals surface area contributed by atoms with Crippen LogP contribution in [-0.4, -0.2) is 9.13 Å². The SMILES string of the molecule is Cc1ccc(N(c2ccc(C)cc2)c2ccc(-n3c4ccccc4c4ccc5c(-c6ccccc6)cn(-c6ccccc6)c5c43)cc2)cc1. The highest BCUT2D eigenvalue weighted by molar-refractivity contribution is 6.20. The minimum absolute atomic E-state index is 1.11. The number of para-hydroxylation sites is 2. The predicted molar refractivity (Wildman–Crippen MR) is 207 cm³/mol. The topological polar surface area (TPSA) is 13.1 Å². The van der Waals surface area contributed by atoms with Crippen molar-refractivity contribution in [2.24, 2.45) is 0 Å². The first-order valence-electron chi connectivity index (χ1n) is 16.9. The highest BCUT2D eigenvalue weighted by atomic mass is 15.1. The molecule has 9 rings (SSSR count). The molecule has 0 atom stereocenters. The fourth-order valence-electron chi connectivity index (χ4n) is 7.26. The van der Waals surface area contributed by atoms with Crippen LogP contribution in [-0.2, 0) is 0 Å². The molecule has 2 aromatic heterocycles. The summed E-state index contributed by atoms with van der Waals surface area (Å²) in [6.45, 7) is 4.27. The Morgan fingerprint density at radius 3 is 1.57 bits per heavy atom. The summed E-state index contributed by atoms with van der Waals surface area (Å²) >= 11 is 0. The molecule has 0 spiro atoms. The lowest BCUT2D eigenvalue weighted by atomic mass is 10.0. The summed E-state index contributed by atoms with van der Waals surface area (Å²) in [5.74, 6) is 0. The van der Waals surface area contributed by atoms with Crippen molar-refractivity contribution in [3.8, 4) is 22.5 Å². The van der Waals surface area contributed by atoms with Gasteiger partial charge in [0, 0.05) is 56.4 Å². The van der Waals surface area contributed by atoms with Crippen LogP contribution in [0.3, 0.4) is 0 Å². The molecule has 0 bridgehead atoms. The zero-order valence-corrected chi connectivity index (χ0v) is 27.6. The monoisotopic (exact) mass is 629 g/mol. The molecule has 0 saturated carbocycles. The van der Waals surface area contributed by atoms with Crippen molar-refractivity contribution in [3.05, 3.63) is 187 Å². The number of fused-ring (bicyclic) bond motifs is 5. The van der Waals surface area contributed by atoms with Crippen molar-refractivity contribution in [2.45, 2.75) is 13.8 Å². The smallest absolute Gasteiger partial charge is 0.0788 e. The summed E-state index contributed by atoms with van der Waals surface area (Å²) in [6, 6.07) is 61.4. The first kappa shape index (κ1) is 28.9. The molecule has 0 aliphatic rings. The van der Waals surface area contributed by atoms with E-state index in [1.165, 1.54) is 55.0 Å². The van der Waals surface area contributed by atoms with Gasteiger partial charge in [0.25, 0.3) is 0 Å². The molecule has 0 unspecified atom stereocenters. The maximum atomic E-state index is 2.45. The first-order valence-corrected chi connectivity index (χ1v) is 16.9. The first-order chi connectivity index (χ1) is 24.1. The van der Waals surface area contributed by atoms with Gasteiger partial charge in [0.05, 0.1) is 16.6 Å². The summed E-state index contributed by atoms with van der Waals surface area (Å²) < 4.78 is 4.83. The van der Waals surface area contributed by atoms with Crippen molar-refractivity contribution in [2.75, 3.05) is 4.90 Å². The Kier molecular flexibility index (Phi) is 6.91. The van der Waals surface area contributed by atoms with Gasteiger partial charge in [0.15, 0.2) is 0 Å². The van der Waals surface area contributed by atoms with E-state index in [4.69, 9.17) is 0 Å². The van der Waals surface area contributed by atoms with Gasteiger partial charge in [-0.15, -0.1) is 0 Å². The van der Waals surface area contributed by atoms with Crippen molar-refractivity contribution < 1.29 is 0 Å². The van der Waals surface area contributed by atoms with Crippen LogP contribution >= 0.6 is 0 Å². The molecule has 0 aliphatic carbocycles. The molecule has 49 heavy (non-hydrogen) atoms. The van der Waals surface area contributed by atoms with E-state index in [1.807, 2.05) is 0 Å². The van der Waals surface area contributed by atoms with Crippen molar-refractivity contribution in [1.29, 1.82) is 0 Å². The zero-order chi connectivity index (χ0) is 32.9. The Hall–Kier alpha value is -6.32. The molecule has 0 aliphatic heterocycles. The Morgan fingerprint density at radius 2 is 0.939 bits per heavy atom. The number of aryl methyl sites for hydroxylation is 2. The third-order valence-electron chi connectivity index (χ3n) is 9.67. The summed E-state index contributed by atoms with van der Waals surface area (Å²) in [5, 5.41) is 3.71. The number of aromatic nitrogens is 2. The van der Waals surface area contributed by atoms with Crippen molar-refractivity contribution >= 4 is 49.8 Å². The van der Waals surface area contributed by atoms with E-state index in [0.29, 0.717) is 0 Å². The van der Waals surface area contributed by atoms with Gasteiger partial charge in [0.1, 0.15) is 0 Å². The van der Waals surface area contributed by atoms with Crippen LogP contribution in [0.4, 0.5) is 17.1 Å². The minimum Gasteiger partial charge on any atom is -0.314 e. The predicted octanol–water partition coefficient (Wildman–Crippen LogP) is 12.5. The van der Waals surface area contributed by atoms with Gasteiger partial charge in [-0.25, -0.2) is 0 Å². The van der Waals surface area contributed by atoms with E-state index in [9.17, 15) is 0 Å². The molecular weight excluding hydrogens is 595 g/mol. The average molecular weight is 630 g/mol. The molecule has 234 valence electrons. The number of nitrogens with zero attached hydrogens (tertiary/aromatic N) is 3. The summed E-state index contributed by atoms with van der Waals surface area (Å²) in [6.07, 6.45) is 2.31. The maximum absolute atomic E-state index is 2.45. The van der Waals surface area contributed by atoms with Gasteiger partial charge in [0.2, 0.25) is 0 Å². The van der Waals surface area contributed by atoms with Crippen LogP contribution < -0.4 is 4.90 Å². The standard InChI is InChI=1S/C46H35N3/c1-32-17-21-36(22-18-32)48(37-23-19-33(2)20-24-37)38-25-27-39(28-26-38)49-44-16-10-9-15-40(44)41-29-30-42-43(34-11-5-3-6-12-34)31-47(45(42)46(41)49)35-13-7-4-8-14-35/h3-31H,1-2H3. The van der Waals surface area contributed by atoms with Crippen LogP contribution in [0.15, 0.2) is 176 Å². The molecule has 3 heteroatoms. The summed E-state index contributed by atoms with van der Waals surface area (Å²) in [5.41, 5.74) is 14.2. The summed E-state index contributed by atoms with van der Waals surface area (Å²) in [7, 11) is 0. The van der Waals surface area contributed by atoms with Gasteiger partial charge in [-0.2, -0.15) is 0 Å². The van der Waals surface area contributed by atoms with Gasteiger partial charge >= 0.3 is 0 Å². The third kappa shape index (κ3) is 4.90. The number of rotatable bonds is 6. The molecular formula is C46H35N3. The number of anilines is 3. The van der Waals surface area contributed by atoms with Crippen LogP contribution in [0.2, 0.25) is 0 Å². The molecule has 7 aromatic carbocycles. The van der Waals surface area contributed by atoms with Crippen LogP contribution in [0.1, 0.15) is 11.1 Å². The van der Waals surface area contributed by atoms with Crippen LogP contribution in [0.5, 0.6) is 0 Å². The van der Waals surface area contributed by atoms with E-state index < -0.39 is 0 Å². The van der Waals surface area contributed by atoms with Crippen molar-refractivity contribution in [1.82, 2.24) is 9.13 Å². The molecule has 0 N–H and O–H groups in total. The quantitative estimate of drug-likeness (QED) is 0.178. The highest BCUT2D eigenvalue weighted by Crippen LogP contribution is 2.42. The van der Waals surface area contributed by atoms with Gasteiger partial charge in [-0.1, -0.05) is 114 Å². The second-order valence-electron chi connectivity index (χ2n) is 12.8. The second-order valence-corrected chi connectivity index (χ2v) is 12.8. The number of hydrogen-bond donors (Lipinski definition) is 0. The fourth-order valence-corrected chi connectivity index (χ4v) is 7.26. The Balaban J connectivity index is 1.29. The fraction of sp³-hybridized carbons (Fsp3) is 0.0435. The van der Waals surface area contributed by atoms with E-state index in [1.54, 1.807) is 0 Å².